The van der Waals surface area contributed by atoms with Gasteiger partial charge in [0.15, 0.2) is 0 Å². The van der Waals surface area contributed by atoms with Crippen molar-refractivity contribution in [3.8, 4) is 0 Å². The van der Waals surface area contributed by atoms with E-state index in [9.17, 15) is 0 Å². The molecule has 96 valence electrons. The maximum atomic E-state index is 5.62. The quantitative estimate of drug-likeness (QED) is 0.817. The van der Waals surface area contributed by atoms with Crippen molar-refractivity contribution in [2.24, 2.45) is 11.7 Å². The van der Waals surface area contributed by atoms with E-state index in [0.29, 0.717) is 12.6 Å². The van der Waals surface area contributed by atoms with Gasteiger partial charge >= 0.3 is 0 Å². The molecular weight excluding hydrogens is 208 g/mol. The molecule has 0 atom stereocenters. The molecule has 0 spiro atoms. The average Bonchev–Trinajstić information content (AvgIpc) is 2.29. The van der Waals surface area contributed by atoms with E-state index >= 15 is 0 Å². The van der Waals surface area contributed by atoms with Crippen molar-refractivity contribution in [2.45, 2.75) is 46.7 Å². The normalized spacial score (nSPS) is 11.2. The predicted molar refractivity (Wildman–Crippen MR) is 76.3 cm³/mol. The molecule has 0 saturated carbocycles. The van der Waals surface area contributed by atoms with Crippen molar-refractivity contribution in [1.82, 2.24) is 0 Å². The van der Waals surface area contributed by atoms with Crippen molar-refractivity contribution >= 4 is 5.69 Å². The summed E-state index contributed by atoms with van der Waals surface area (Å²) in [5.41, 5.74) is 8.12. The first kappa shape index (κ1) is 14.0. The monoisotopic (exact) mass is 234 g/mol. The van der Waals surface area contributed by atoms with E-state index in [-0.39, 0.29) is 0 Å². The van der Waals surface area contributed by atoms with Crippen LogP contribution in [0.25, 0.3) is 0 Å². The summed E-state index contributed by atoms with van der Waals surface area (Å²) in [4.78, 5) is 2.46. The zero-order chi connectivity index (χ0) is 12.8. The van der Waals surface area contributed by atoms with E-state index in [2.05, 4.69) is 56.9 Å². The van der Waals surface area contributed by atoms with Crippen LogP contribution in [0.5, 0.6) is 0 Å². The lowest BCUT2D eigenvalue weighted by Crippen LogP contribution is -2.32. The summed E-state index contributed by atoms with van der Waals surface area (Å²) in [5, 5.41) is 0. The SMILES string of the molecule is CC(C)CCN(c1ccc(CN)cc1)C(C)C. The Labute approximate surface area is 106 Å². The third kappa shape index (κ3) is 4.39. The summed E-state index contributed by atoms with van der Waals surface area (Å²) in [6.07, 6.45) is 1.23. The van der Waals surface area contributed by atoms with Gasteiger partial charge in [0, 0.05) is 24.8 Å². The molecule has 0 unspecified atom stereocenters. The molecule has 0 aromatic heterocycles. The lowest BCUT2D eigenvalue weighted by molar-refractivity contribution is 0.551. The standard InChI is InChI=1S/C15H26N2/c1-12(2)9-10-17(13(3)4)15-7-5-14(11-16)6-8-15/h5-8,12-13H,9-11,16H2,1-4H3. The highest BCUT2D eigenvalue weighted by Crippen LogP contribution is 2.19. The van der Waals surface area contributed by atoms with Crippen LogP contribution in [0.1, 0.15) is 39.7 Å². The number of anilines is 1. The minimum Gasteiger partial charge on any atom is -0.369 e. The van der Waals surface area contributed by atoms with Gasteiger partial charge in [0.05, 0.1) is 0 Å². The highest BCUT2D eigenvalue weighted by atomic mass is 15.1. The summed E-state index contributed by atoms with van der Waals surface area (Å²) < 4.78 is 0. The second-order valence-electron chi connectivity index (χ2n) is 5.34. The highest BCUT2D eigenvalue weighted by molar-refractivity contribution is 5.48. The minimum atomic E-state index is 0.539. The molecule has 0 aliphatic rings. The van der Waals surface area contributed by atoms with Gasteiger partial charge in [0.1, 0.15) is 0 Å². The van der Waals surface area contributed by atoms with Gasteiger partial charge in [0.25, 0.3) is 0 Å². The second-order valence-corrected chi connectivity index (χ2v) is 5.34. The van der Waals surface area contributed by atoms with Crippen molar-refractivity contribution in [2.75, 3.05) is 11.4 Å². The number of nitrogens with zero attached hydrogens (tertiary/aromatic N) is 1. The molecule has 0 radical (unpaired) electrons. The third-order valence-electron chi connectivity index (χ3n) is 3.07. The summed E-state index contributed by atoms with van der Waals surface area (Å²) in [7, 11) is 0. The van der Waals surface area contributed by atoms with Gasteiger partial charge < -0.3 is 10.6 Å². The fourth-order valence-electron chi connectivity index (χ4n) is 1.91. The molecular formula is C15H26N2. The van der Waals surface area contributed by atoms with Crippen LogP contribution in [-0.4, -0.2) is 12.6 Å². The van der Waals surface area contributed by atoms with E-state index in [0.717, 1.165) is 12.5 Å². The molecule has 0 saturated heterocycles. The molecule has 0 aliphatic heterocycles. The molecule has 1 aromatic rings. The van der Waals surface area contributed by atoms with Crippen LogP contribution in [0.3, 0.4) is 0 Å². The molecule has 1 rings (SSSR count). The van der Waals surface area contributed by atoms with Crippen LogP contribution in [0.2, 0.25) is 0 Å². The lowest BCUT2D eigenvalue weighted by Gasteiger charge is -2.30. The van der Waals surface area contributed by atoms with Gasteiger partial charge in [-0.2, -0.15) is 0 Å². The minimum absolute atomic E-state index is 0.539. The van der Waals surface area contributed by atoms with Crippen LogP contribution in [0.4, 0.5) is 5.69 Å². The fraction of sp³-hybridized carbons (Fsp3) is 0.600. The Hall–Kier alpha value is -1.02. The first-order valence-corrected chi connectivity index (χ1v) is 6.60. The fourth-order valence-corrected chi connectivity index (χ4v) is 1.91. The van der Waals surface area contributed by atoms with Crippen molar-refractivity contribution in [3.63, 3.8) is 0 Å². The van der Waals surface area contributed by atoms with Gasteiger partial charge in [-0.05, 0) is 43.9 Å². The summed E-state index contributed by atoms with van der Waals surface area (Å²) in [5.74, 6) is 0.750. The van der Waals surface area contributed by atoms with Gasteiger partial charge in [0.2, 0.25) is 0 Å². The molecule has 0 aliphatic carbocycles. The van der Waals surface area contributed by atoms with E-state index in [1.54, 1.807) is 0 Å². The number of nitrogens with two attached hydrogens (primary N) is 1. The van der Waals surface area contributed by atoms with Crippen molar-refractivity contribution < 1.29 is 0 Å². The molecule has 2 heteroatoms. The number of hydrogen-bond donors (Lipinski definition) is 1. The first-order chi connectivity index (χ1) is 8.04. The predicted octanol–water partition coefficient (Wildman–Crippen LogP) is 3.41. The van der Waals surface area contributed by atoms with Gasteiger partial charge in [-0.3, -0.25) is 0 Å². The molecule has 0 fully saturated rings. The Morgan fingerprint density at radius 1 is 1.06 bits per heavy atom. The van der Waals surface area contributed by atoms with Crippen LogP contribution in [-0.2, 0) is 6.54 Å². The zero-order valence-electron chi connectivity index (χ0n) is 11.6. The van der Waals surface area contributed by atoms with Crippen LogP contribution < -0.4 is 10.6 Å². The Morgan fingerprint density at radius 2 is 1.65 bits per heavy atom. The first-order valence-electron chi connectivity index (χ1n) is 6.60. The molecule has 0 amide bonds. The molecule has 0 heterocycles. The summed E-state index contributed by atoms with van der Waals surface area (Å²) in [6.45, 7) is 10.8. The number of rotatable bonds is 6. The van der Waals surface area contributed by atoms with Crippen LogP contribution in [0, 0.1) is 5.92 Å². The summed E-state index contributed by atoms with van der Waals surface area (Å²) in [6, 6.07) is 9.16. The Morgan fingerprint density at radius 3 is 2.06 bits per heavy atom. The van der Waals surface area contributed by atoms with Crippen LogP contribution >= 0.6 is 0 Å². The van der Waals surface area contributed by atoms with Gasteiger partial charge in [-0.15, -0.1) is 0 Å². The molecule has 1 aromatic carbocycles. The van der Waals surface area contributed by atoms with Crippen molar-refractivity contribution in [3.05, 3.63) is 29.8 Å². The Balaban J connectivity index is 2.74. The molecule has 2 nitrogen and oxygen atoms in total. The number of benzene rings is 1. The second kappa shape index (κ2) is 6.65. The number of hydrogen-bond acceptors (Lipinski definition) is 2. The Kier molecular flexibility index (Phi) is 5.49. The molecule has 0 bridgehead atoms. The largest absolute Gasteiger partial charge is 0.369 e. The maximum Gasteiger partial charge on any atom is 0.0368 e. The summed E-state index contributed by atoms with van der Waals surface area (Å²) >= 11 is 0. The smallest absolute Gasteiger partial charge is 0.0368 e. The average molecular weight is 234 g/mol. The topological polar surface area (TPSA) is 29.3 Å². The molecule has 17 heavy (non-hydrogen) atoms. The third-order valence-corrected chi connectivity index (χ3v) is 3.07. The van der Waals surface area contributed by atoms with Crippen molar-refractivity contribution in [1.29, 1.82) is 0 Å². The zero-order valence-corrected chi connectivity index (χ0v) is 11.6. The highest BCUT2D eigenvalue weighted by Gasteiger charge is 2.10. The lowest BCUT2D eigenvalue weighted by atomic mass is 10.1. The van der Waals surface area contributed by atoms with E-state index in [1.807, 2.05) is 0 Å². The molecule has 2 N–H and O–H groups in total. The van der Waals surface area contributed by atoms with Crippen LogP contribution in [0.15, 0.2) is 24.3 Å². The van der Waals surface area contributed by atoms with E-state index < -0.39 is 0 Å². The maximum absolute atomic E-state index is 5.62. The van der Waals surface area contributed by atoms with Gasteiger partial charge in [-0.1, -0.05) is 26.0 Å². The van der Waals surface area contributed by atoms with E-state index in [1.165, 1.54) is 17.7 Å². The van der Waals surface area contributed by atoms with Gasteiger partial charge in [-0.25, -0.2) is 0 Å². The van der Waals surface area contributed by atoms with E-state index in [4.69, 9.17) is 5.73 Å². The Bertz CT molecular complexity index is 314.